The Kier molecular flexibility index (Phi) is 7.87. The number of hydrazone groups is 1. The monoisotopic (exact) mass is 549 g/mol. The van der Waals surface area contributed by atoms with Gasteiger partial charge in [0.25, 0.3) is 5.91 Å². The minimum Gasteiger partial charge on any atom is -0.378 e. The van der Waals surface area contributed by atoms with E-state index in [2.05, 4.69) is 56.1 Å². The number of hydrogen-bond donors (Lipinski definition) is 1. The zero-order chi connectivity index (χ0) is 28.1. The molecule has 1 saturated heterocycles. The lowest BCUT2D eigenvalue weighted by atomic mass is 10.0. The van der Waals surface area contributed by atoms with Crippen molar-refractivity contribution in [3.8, 4) is 11.1 Å². The second-order valence-electron chi connectivity index (χ2n) is 9.29. The number of anilines is 1. The molecular formula is C28H26F3N7O2. The molecule has 1 aliphatic rings. The summed E-state index contributed by atoms with van der Waals surface area (Å²) in [4.78, 5) is 19.2. The molecule has 3 heterocycles. The van der Waals surface area contributed by atoms with Crippen molar-refractivity contribution in [2.75, 3.05) is 31.2 Å². The van der Waals surface area contributed by atoms with Gasteiger partial charge in [0.1, 0.15) is 11.5 Å². The smallest absolute Gasteiger partial charge is 0.378 e. The van der Waals surface area contributed by atoms with Gasteiger partial charge in [0.05, 0.1) is 37.7 Å². The number of carbonyl (C=O) groups excluding carboxylic acids is 1. The molecule has 0 atom stereocenters. The topological polar surface area (TPSA) is 97.5 Å². The number of rotatable bonds is 7. The maximum atomic E-state index is 12.7. The molecule has 0 bridgehead atoms. The van der Waals surface area contributed by atoms with Gasteiger partial charge >= 0.3 is 6.18 Å². The van der Waals surface area contributed by atoms with Crippen molar-refractivity contribution >= 4 is 17.9 Å². The van der Waals surface area contributed by atoms with Crippen molar-refractivity contribution in [1.82, 2.24) is 25.4 Å². The highest BCUT2D eigenvalue weighted by Crippen LogP contribution is 2.29. The zero-order valence-electron chi connectivity index (χ0n) is 21.6. The van der Waals surface area contributed by atoms with Crippen LogP contribution in [0.5, 0.6) is 0 Å². The summed E-state index contributed by atoms with van der Waals surface area (Å²) in [7, 11) is 0. The van der Waals surface area contributed by atoms with Crippen molar-refractivity contribution < 1.29 is 22.7 Å². The number of nitrogens with zero attached hydrogens (tertiary/aromatic N) is 6. The Balaban J connectivity index is 1.29. The van der Waals surface area contributed by atoms with Crippen molar-refractivity contribution in [2.24, 2.45) is 5.10 Å². The van der Waals surface area contributed by atoms with Crippen molar-refractivity contribution in [3.63, 3.8) is 0 Å². The summed E-state index contributed by atoms with van der Waals surface area (Å²) < 4.78 is 45.3. The predicted molar refractivity (Wildman–Crippen MR) is 143 cm³/mol. The van der Waals surface area contributed by atoms with Crippen molar-refractivity contribution in [2.45, 2.75) is 19.6 Å². The lowest BCUT2D eigenvalue weighted by Gasteiger charge is -2.29. The fraction of sp³-hybridized carbons (Fsp3) is 0.250. The third-order valence-electron chi connectivity index (χ3n) is 6.36. The van der Waals surface area contributed by atoms with Crippen LogP contribution < -0.4 is 10.3 Å². The Labute approximate surface area is 228 Å². The van der Waals surface area contributed by atoms with E-state index < -0.39 is 17.6 Å². The Morgan fingerprint density at radius 2 is 1.80 bits per heavy atom. The molecule has 40 heavy (non-hydrogen) atoms. The summed E-state index contributed by atoms with van der Waals surface area (Å²) in [5, 5.41) is 12.1. The van der Waals surface area contributed by atoms with Crippen molar-refractivity contribution in [3.05, 3.63) is 94.9 Å². The van der Waals surface area contributed by atoms with E-state index >= 15 is 0 Å². The van der Waals surface area contributed by atoms with Gasteiger partial charge in [-0.2, -0.15) is 18.3 Å². The lowest BCUT2D eigenvalue weighted by Crippen LogP contribution is -2.37. The molecule has 2 aromatic heterocycles. The third-order valence-corrected chi connectivity index (χ3v) is 6.36. The first-order valence-corrected chi connectivity index (χ1v) is 12.6. The van der Waals surface area contributed by atoms with Gasteiger partial charge in [0.2, 0.25) is 0 Å². The normalized spacial score (nSPS) is 14.1. The zero-order valence-corrected chi connectivity index (χ0v) is 21.6. The summed E-state index contributed by atoms with van der Waals surface area (Å²) in [5.74, 6) is 0.209. The average molecular weight is 550 g/mol. The van der Waals surface area contributed by atoms with E-state index in [4.69, 9.17) is 9.72 Å². The minimum atomic E-state index is -4.47. The van der Waals surface area contributed by atoms with E-state index in [1.807, 2.05) is 13.1 Å². The summed E-state index contributed by atoms with van der Waals surface area (Å²) in [6.45, 7) is 5.17. The number of nitrogens with one attached hydrogen (secondary N) is 1. The SMILES string of the molecule is Cc1ccc(-c2cnc(N3CCOCC3)c(Cn3cc(/C=N/NC(=O)c4ccc(C(F)(F)F)cc4)nn3)c2)cc1. The van der Waals surface area contributed by atoms with Crippen LogP contribution in [0.2, 0.25) is 0 Å². The Hall–Kier alpha value is -4.58. The Morgan fingerprint density at radius 3 is 2.50 bits per heavy atom. The Morgan fingerprint density at radius 1 is 1.07 bits per heavy atom. The number of aryl methyl sites for hydroxylation is 1. The van der Waals surface area contributed by atoms with Crippen LogP contribution in [0, 0.1) is 6.92 Å². The molecule has 206 valence electrons. The molecule has 1 aliphatic heterocycles. The number of ether oxygens (including phenoxy) is 1. The molecule has 0 radical (unpaired) electrons. The number of carbonyl (C=O) groups is 1. The second kappa shape index (κ2) is 11.7. The molecule has 1 amide bonds. The summed E-state index contributed by atoms with van der Waals surface area (Å²) in [5.41, 5.74) is 6.08. The highest BCUT2D eigenvalue weighted by Gasteiger charge is 2.30. The number of benzene rings is 2. The standard InChI is InChI=1S/C28H26F3N7O2/c1-19-2-4-20(5-3-19)22-14-23(26(32-15-22)37-10-12-40-13-11-37)17-38-18-25(34-36-38)16-33-35-27(39)21-6-8-24(9-7-21)28(29,30)31/h2-9,14-16,18H,10-13,17H2,1H3,(H,35,39)/b33-16+. The van der Waals surface area contributed by atoms with E-state index in [0.29, 0.717) is 25.5 Å². The Bertz CT molecular complexity index is 1490. The van der Waals surface area contributed by atoms with Gasteiger partial charge in [-0.25, -0.2) is 15.1 Å². The van der Waals surface area contributed by atoms with Crippen LogP contribution in [0.4, 0.5) is 19.0 Å². The molecule has 0 saturated carbocycles. The molecular weight excluding hydrogens is 523 g/mol. The predicted octanol–water partition coefficient (Wildman–Crippen LogP) is 4.32. The molecule has 0 spiro atoms. The van der Waals surface area contributed by atoms with Gasteiger partial charge in [-0.1, -0.05) is 35.0 Å². The van der Waals surface area contributed by atoms with Crippen LogP contribution in [-0.2, 0) is 17.5 Å². The average Bonchev–Trinajstić information content (AvgIpc) is 3.40. The first-order valence-electron chi connectivity index (χ1n) is 12.6. The molecule has 2 aromatic carbocycles. The summed E-state index contributed by atoms with van der Waals surface area (Å²) >= 11 is 0. The molecule has 12 heteroatoms. The van der Waals surface area contributed by atoms with Gasteiger partial charge in [-0.15, -0.1) is 5.10 Å². The van der Waals surface area contributed by atoms with Crippen LogP contribution in [0.3, 0.4) is 0 Å². The largest absolute Gasteiger partial charge is 0.416 e. The molecule has 0 unspecified atom stereocenters. The second-order valence-corrected chi connectivity index (χ2v) is 9.29. The summed E-state index contributed by atoms with van der Waals surface area (Å²) in [6.07, 6.45) is 0.391. The number of morpholine rings is 1. The fourth-order valence-electron chi connectivity index (χ4n) is 4.24. The third kappa shape index (κ3) is 6.52. The number of pyridine rings is 1. The van der Waals surface area contributed by atoms with Gasteiger partial charge in [-0.3, -0.25) is 4.79 Å². The highest BCUT2D eigenvalue weighted by molar-refractivity contribution is 5.94. The molecule has 9 nitrogen and oxygen atoms in total. The number of hydrogen-bond acceptors (Lipinski definition) is 7. The molecule has 0 aliphatic carbocycles. The molecule has 1 N–H and O–H groups in total. The lowest BCUT2D eigenvalue weighted by molar-refractivity contribution is -0.137. The first-order chi connectivity index (χ1) is 19.3. The summed E-state index contributed by atoms with van der Waals surface area (Å²) in [6, 6.07) is 14.2. The van der Waals surface area contributed by atoms with E-state index in [-0.39, 0.29) is 5.56 Å². The van der Waals surface area contributed by atoms with E-state index in [9.17, 15) is 18.0 Å². The van der Waals surface area contributed by atoms with Gasteiger partial charge in [-0.05, 0) is 42.8 Å². The maximum absolute atomic E-state index is 12.7. The minimum absolute atomic E-state index is 0.0467. The van der Waals surface area contributed by atoms with Crippen LogP contribution in [0.15, 0.2) is 72.1 Å². The van der Waals surface area contributed by atoms with Crippen LogP contribution in [-0.4, -0.2) is 58.4 Å². The van der Waals surface area contributed by atoms with Crippen molar-refractivity contribution in [1.29, 1.82) is 0 Å². The first kappa shape index (κ1) is 27.0. The van der Waals surface area contributed by atoms with E-state index in [0.717, 1.165) is 59.9 Å². The van der Waals surface area contributed by atoms with Crippen LogP contribution in [0.25, 0.3) is 11.1 Å². The number of aromatic nitrogens is 4. The van der Waals surface area contributed by atoms with E-state index in [1.165, 1.54) is 11.8 Å². The fourth-order valence-corrected chi connectivity index (χ4v) is 4.24. The van der Waals surface area contributed by atoms with Crippen LogP contribution in [0.1, 0.15) is 32.7 Å². The maximum Gasteiger partial charge on any atom is 0.416 e. The van der Waals surface area contributed by atoms with Crippen LogP contribution >= 0.6 is 0 Å². The van der Waals surface area contributed by atoms with Gasteiger partial charge < -0.3 is 9.64 Å². The number of halogens is 3. The number of alkyl halides is 3. The number of amides is 1. The van der Waals surface area contributed by atoms with Gasteiger partial charge in [0, 0.05) is 36.0 Å². The highest BCUT2D eigenvalue weighted by atomic mass is 19.4. The van der Waals surface area contributed by atoms with E-state index in [1.54, 1.807) is 10.9 Å². The molecule has 4 aromatic rings. The molecule has 1 fully saturated rings. The quantitative estimate of drug-likeness (QED) is 0.273. The van der Waals surface area contributed by atoms with Gasteiger partial charge in [0.15, 0.2) is 0 Å². The molecule has 5 rings (SSSR count).